The lowest BCUT2D eigenvalue weighted by Crippen LogP contribution is -2.42. The number of methoxy groups -OCH3 is 1. The third-order valence-electron chi connectivity index (χ3n) is 3.52. The molecule has 128 valence electrons. The Labute approximate surface area is 135 Å². The van der Waals surface area contributed by atoms with E-state index < -0.39 is 29.6 Å². The number of hydrogen-bond donors (Lipinski definition) is 1. The Morgan fingerprint density at radius 2 is 1.91 bits per heavy atom. The van der Waals surface area contributed by atoms with Gasteiger partial charge in [-0.1, -0.05) is 38.7 Å². The van der Waals surface area contributed by atoms with E-state index in [1.165, 1.54) is 13.2 Å². The Morgan fingerprint density at radius 3 is 2.52 bits per heavy atom. The van der Waals surface area contributed by atoms with Gasteiger partial charge in [-0.15, -0.1) is 0 Å². The first kappa shape index (κ1) is 19.1. The highest BCUT2D eigenvalue weighted by Crippen LogP contribution is 2.10. The smallest absolute Gasteiger partial charge is 0.328 e. The van der Waals surface area contributed by atoms with Crippen LogP contribution in [0.2, 0.25) is 0 Å². The minimum absolute atomic E-state index is 0.125. The molecule has 0 radical (unpaired) electrons. The number of esters is 1. The summed E-state index contributed by atoms with van der Waals surface area (Å²) in [5, 5.41) is 2.60. The van der Waals surface area contributed by atoms with Crippen LogP contribution in [0.3, 0.4) is 0 Å². The Morgan fingerprint density at radius 1 is 1.17 bits per heavy atom. The van der Waals surface area contributed by atoms with Gasteiger partial charge in [0, 0.05) is 0 Å². The molecule has 1 atom stereocenters. The first-order valence-electron chi connectivity index (χ1n) is 7.79. The minimum Gasteiger partial charge on any atom is -0.467 e. The molecule has 0 saturated heterocycles. The van der Waals surface area contributed by atoms with Gasteiger partial charge in [0.25, 0.3) is 0 Å². The van der Waals surface area contributed by atoms with E-state index in [2.05, 4.69) is 12.2 Å². The average Bonchev–Trinajstić information content (AvgIpc) is 2.53. The number of hydrogen-bond acceptors (Lipinski definition) is 3. The van der Waals surface area contributed by atoms with Gasteiger partial charge in [0.05, 0.1) is 13.5 Å². The van der Waals surface area contributed by atoms with Crippen molar-refractivity contribution in [2.24, 2.45) is 0 Å². The lowest BCUT2D eigenvalue weighted by Gasteiger charge is -2.16. The molecule has 0 aromatic heterocycles. The Bertz CT molecular complexity index is 535. The van der Waals surface area contributed by atoms with Gasteiger partial charge in [-0.2, -0.15) is 0 Å². The second-order valence-electron chi connectivity index (χ2n) is 5.42. The molecular formula is C17H23F2NO3. The summed E-state index contributed by atoms with van der Waals surface area (Å²) >= 11 is 0. The average molecular weight is 327 g/mol. The summed E-state index contributed by atoms with van der Waals surface area (Å²) in [7, 11) is 1.27. The summed E-state index contributed by atoms with van der Waals surface area (Å²) < 4.78 is 30.7. The highest BCUT2D eigenvalue weighted by molar-refractivity contribution is 5.85. The van der Waals surface area contributed by atoms with Crippen LogP contribution >= 0.6 is 0 Å². The predicted molar refractivity (Wildman–Crippen MR) is 82.8 cm³/mol. The molecule has 0 fully saturated rings. The fraction of sp³-hybridized carbons (Fsp3) is 0.529. The van der Waals surface area contributed by atoms with Crippen molar-refractivity contribution in [2.75, 3.05) is 7.11 Å². The van der Waals surface area contributed by atoms with Crippen LogP contribution in [0.4, 0.5) is 8.78 Å². The van der Waals surface area contributed by atoms with Crippen molar-refractivity contribution in [1.82, 2.24) is 5.32 Å². The number of carbonyl (C=O) groups excluding carboxylic acids is 2. The number of rotatable bonds is 9. The fourth-order valence-electron chi connectivity index (χ4n) is 2.25. The minimum atomic E-state index is -1.00. The van der Waals surface area contributed by atoms with E-state index >= 15 is 0 Å². The standard InChI is InChI=1S/C17H23F2NO3/c1-3-4-5-6-7-15(17(22)23-2)20-16(21)11-12-8-9-13(18)14(19)10-12/h8-10,15H,3-7,11H2,1-2H3,(H,20,21)/t15-/m1/s1. The molecular weight excluding hydrogens is 304 g/mol. The van der Waals surface area contributed by atoms with Crippen molar-refractivity contribution in [3.8, 4) is 0 Å². The van der Waals surface area contributed by atoms with Gasteiger partial charge in [-0.25, -0.2) is 13.6 Å². The first-order chi connectivity index (χ1) is 11.0. The van der Waals surface area contributed by atoms with Crippen molar-refractivity contribution >= 4 is 11.9 Å². The topological polar surface area (TPSA) is 55.4 Å². The maximum atomic E-state index is 13.1. The molecule has 0 unspecified atom stereocenters. The molecule has 0 aliphatic carbocycles. The molecule has 0 aliphatic rings. The zero-order chi connectivity index (χ0) is 17.2. The zero-order valence-corrected chi connectivity index (χ0v) is 13.5. The number of amides is 1. The number of halogens is 2. The number of unbranched alkanes of at least 4 members (excludes halogenated alkanes) is 3. The van der Waals surface area contributed by atoms with Gasteiger partial charge in [0.2, 0.25) is 5.91 Å². The molecule has 6 heteroatoms. The zero-order valence-electron chi connectivity index (χ0n) is 13.5. The molecule has 0 aliphatic heterocycles. The quantitative estimate of drug-likeness (QED) is 0.560. The van der Waals surface area contributed by atoms with Gasteiger partial charge < -0.3 is 10.1 Å². The molecule has 23 heavy (non-hydrogen) atoms. The van der Waals surface area contributed by atoms with Gasteiger partial charge in [-0.05, 0) is 24.1 Å². The molecule has 0 heterocycles. The van der Waals surface area contributed by atoms with E-state index in [0.717, 1.165) is 37.8 Å². The Balaban J connectivity index is 2.57. The van der Waals surface area contributed by atoms with Crippen LogP contribution in [0.5, 0.6) is 0 Å². The van der Waals surface area contributed by atoms with Gasteiger partial charge in [0.1, 0.15) is 6.04 Å². The normalized spacial score (nSPS) is 11.8. The number of nitrogens with one attached hydrogen (secondary N) is 1. The molecule has 0 bridgehead atoms. The van der Waals surface area contributed by atoms with E-state index in [4.69, 9.17) is 4.74 Å². The number of ether oxygens (including phenoxy) is 1. The maximum Gasteiger partial charge on any atom is 0.328 e. The molecule has 1 amide bonds. The van der Waals surface area contributed by atoms with Crippen LogP contribution in [0.15, 0.2) is 18.2 Å². The van der Waals surface area contributed by atoms with Crippen LogP contribution in [-0.2, 0) is 20.7 Å². The molecule has 0 saturated carbocycles. The third-order valence-corrected chi connectivity index (χ3v) is 3.52. The second kappa shape index (κ2) is 9.92. The first-order valence-corrected chi connectivity index (χ1v) is 7.79. The van der Waals surface area contributed by atoms with Crippen molar-refractivity contribution in [1.29, 1.82) is 0 Å². The fourth-order valence-corrected chi connectivity index (χ4v) is 2.25. The summed E-state index contributed by atoms with van der Waals surface area (Å²) in [6, 6.07) is 2.57. The largest absolute Gasteiger partial charge is 0.467 e. The van der Waals surface area contributed by atoms with E-state index in [-0.39, 0.29) is 6.42 Å². The Kier molecular flexibility index (Phi) is 8.22. The van der Waals surface area contributed by atoms with Crippen LogP contribution in [0, 0.1) is 11.6 Å². The van der Waals surface area contributed by atoms with E-state index in [1.807, 2.05) is 0 Å². The van der Waals surface area contributed by atoms with Gasteiger partial charge >= 0.3 is 5.97 Å². The number of benzene rings is 1. The predicted octanol–water partition coefficient (Wildman–Crippen LogP) is 3.14. The van der Waals surface area contributed by atoms with E-state index in [1.54, 1.807) is 0 Å². The molecule has 1 aromatic rings. The van der Waals surface area contributed by atoms with Crippen molar-refractivity contribution in [3.05, 3.63) is 35.4 Å². The highest BCUT2D eigenvalue weighted by atomic mass is 19.2. The SMILES string of the molecule is CCCCCC[C@@H](NC(=O)Cc1ccc(F)c(F)c1)C(=O)OC. The van der Waals surface area contributed by atoms with Gasteiger partial charge in [0.15, 0.2) is 11.6 Å². The summed E-state index contributed by atoms with van der Waals surface area (Å²) in [4.78, 5) is 23.7. The highest BCUT2D eigenvalue weighted by Gasteiger charge is 2.21. The summed E-state index contributed by atoms with van der Waals surface area (Å²) in [6.07, 6.45) is 4.29. The van der Waals surface area contributed by atoms with Crippen molar-refractivity contribution < 1.29 is 23.1 Å². The van der Waals surface area contributed by atoms with Gasteiger partial charge in [-0.3, -0.25) is 4.79 Å². The monoisotopic (exact) mass is 327 g/mol. The van der Waals surface area contributed by atoms with Crippen LogP contribution in [0.1, 0.15) is 44.6 Å². The molecule has 4 nitrogen and oxygen atoms in total. The molecule has 0 spiro atoms. The summed E-state index contributed by atoms with van der Waals surface area (Å²) in [6.45, 7) is 2.08. The maximum absolute atomic E-state index is 13.1. The molecule has 1 aromatic carbocycles. The lowest BCUT2D eigenvalue weighted by molar-refractivity contribution is -0.145. The van der Waals surface area contributed by atoms with Crippen molar-refractivity contribution in [2.45, 2.75) is 51.5 Å². The van der Waals surface area contributed by atoms with Crippen LogP contribution < -0.4 is 5.32 Å². The third kappa shape index (κ3) is 6.76. The summed E-state index contributed by atoms with van der Waals surface area (Å²) in [5.74, 6) is -2.89. The van der Waals surface area contributed by atoms with Crippen molar-refractivity contribution in [3.63, 3.8) is 0 Å². The van der Waals surface area contributed by atoms with Crippen LogP contribution in [0.25, 0.3) is 0 Å². The number of carbonyl (C=O) groups is 2. The lowest BCUT2D eigenvalue weighted by atomic mass is 10.1. The molecule has 1 rings (SSSR count). The van der Waals surface area contributed by atoms with E-state index in [0.29, 0.717) is 12.0 Å². The molecule has 1 N–H and O–H groups in total. The van der Waals surface area contributed by atoms with Crippen LogP contribution in [-0.4, -0.2) is 25.0 Å². The summed E-state index contributed by atoms with van der Waals surface area (Å²) in [5.41, 5.74) is 0.344. The second-order valence-corrected chi connectivity index (χ2v) is 5.42. The Hall–Kier alpha value is -1.98. The van der Waals surface area contributed by atoms with E-state index in [9.17, 15) is 18.4 Å².